The van der Waals surface area contributed by atoms with Crippen molar-refractivity contribution in [2.45, 2.75) is 11.1 Å². The number of sulfonamides is 1. The molecule has 29 heavy (non-hydrogen) atoms. The fraction of sp³-hybridized carbons (Fsp3) is 0.235. The molecule has 12 heteroatoms. The predicted octanol–water partition coefficient (Wildman–Crippen LogP) is 3.31. The molecule has 2 aromatic rings. The van der Waals surface area contributed by atoms with Gasteiger partial charge in [0.15, 0.2) is 11.5 Å². The van der Waals surface area contributed by atoms with Gasteiger partial charge in [-0.25, -0.2) is 8.42 Å². The van der Waals surface area contributed by atoms with Crippen molar-refractivity contribution in [1.29, 1.82) is 0 Å². The molecule has 0 spiro atoms. The molecule has 2 aromatic carbocycles. The molecule has 7 nitrogen and oxygen atoms in total. The van der Waals surface area contributed by atoms with Gasteiger partial charge in [-0.15, -0.1) is 0 Å². The number of carbonyl (C=O) groups is 1. The Hall–Kier alpha value is -2.47. The molecule has 0 atom stereocenters. The van der Waals surface area contributed by atoms with E-state index < -0.39 is 28.7 Å². The van der Waals surface area contributed by atoms with Crippen LogP contribution in [0, 0.1) is 0 Å². The molecule has 156 valence electrons. The summed E-state index contributed by atoms with van der Waals surface area (Å²) in [5.41, 5.74) is -0.0560. The second-order valence-electron chi connectivity index (χ2n) is 5.91. The number of fused-ring (bicyclic) bond motifs is 1. The van der Waals surface area contributed by atoms with E-state index in [9.17, 15) is 26.4 Å². The van der Waals surface area contributed by atoms with Crippen molar-refractivity contribution in [3.8, 4) is 11.5 Å². The van der Waals surface area contributed by atoms with E-state index >= 15 is 0 Å². The summed E-state index contributed by atoms with van der Waals surface area (Å²) in [5, 5.41) is 1.69. The molecule has 1 amide bonds. The van der Waals surface area contributed by atoms with E-state index in [0.29, 0.717) is 29.2 Å². The number of halogens is 4. The Morgan fingerprint density at radius 2 is 1.76 bits per heavy atom. The van der Waals surface area contributed by atoms with Crippen molar-refractivity contribution >= 4 is 37.5 Å². The third-order valence-corrected chi connectivity index (χ3v) is 5.75. The summed E-state index contributed by atoms with van der Waals surface area (Å²) in [6.45, 7) is -0.838. The lowest BCUT2D eigenvalue weighted by molar-refractivity contribution is -0.123. The van der Waals surface area contributed by atoms with Crippen molar-refractivity contribution < 1.29 is 35.9 Å². The predicted molar refractivity (Wildman–Crippen MR) is 101 cm³/mol. The van der Waals surface area contributed by atoms with Gasteiger partial charge in [-0.05, 0) is 34.1 Å². The standard InChI is InChI=1S/C17H14BrF3N2O5S/c18-12-7-14-15(28-5-4-27-14)8-13(12)23-29(25,26)11-3-1-2-10(6-11)16(24)22-9-17(19,20)21/h1-3,6-8,23H,4-5,9H2,(H,22,24). The summed E-state index contributed by atoms with van der Waals surface area (Å²) in [4.78, 5) is 11.6. The smallest absolute Gasteiger partial charge is 0.405 e. The van der Waals surface area contributed by atoms with Crippen LogP contribution in [0.2, 0.25) is 0 Å². The minimum absolute atomic E-state index is 0.168. The number of hydrogen-bond donors (Lipinski definition) is 2. The lowest BCUT2D eigenvalue weighted by atomic mass is 10.2. The van der Waals surface area contributed by atoms with Crippen LogP contribution in [0.1, 0.15) is 10.4 Å². The fourth-order valence-corrected chi connectivity index (χ4v) is 4.10. The first-order chi connectivity index (χ1) is 13.5. The summed E-state index contributed by atoms with van der Waals surface area (Å²) >= 11 is 3.24. The van der Waals surface area contributed by atoms with E-state index in [0.717, 1.165) is 6.07 Å². The molecule has 0 radical (unpaired) electrons. The third kappa shape index (κ3) is 5.32. The molecule has 2 N–H and O–H groups in total. The van der Waals surface area contributed by atoms with Crippen LogP contribution in [-0.2, 0) is 10.0 Å². The molecule has 0 aromatic heterocycles. The molecule has 1 heterocycles. The first-order valence-corrected chi connectivity index (χ1v) is 10.4. The van der Waals surface area contributed by atoms with Gasteiger partial charge in [-0.2, -0.15) is 13.2 Å². The summed E-state index contributed by atoms with van der Waals surface area (Å²) in [6.07, 6.45) is -4.58. The third-order valence-electron chi connectivity index (χ3n) is 3.73. The van der Waals surface area contributed by atoms with Crippen molar-refractivity contribution in [1.82, 2.24) is 5.32 Å². The number of alkyl halides is 3. The number of hydrogen-bond acceptors (Lipinski definition) is 5. The van der Waals surface area contributed by atoms with Gasteiger partial charge in [0.2, 0.25) is 0 Å². The van der Waals surface area contributed by atoms with Gasteiger partial charge in [0, 0.05) is 22.2 Å². The molecular formula is C17H14BrF3N2O5S. The van der Waals surface area contributed by atoms with Gasteiger partial charge in [-0.3, -0.25) is 9.52 Å². The highest BCUT2D eigenvalue weighted by atomic mass is 79.9. The quantitative estimate of drug-likeness (QED) is 0.664. The zero-order valence-corrected chi connectivity index (χ0v) is 16.9. The second-order valence-corrected chi connectivity index (χ2v) is 8.44. The largest absolute Gasteiger partial charge is 0.486 e. The zero-order chi connectivity index (χ0) is 21.2. The molecular weight excluding hydrogens is 481 g/mol. The molecule has 0 aliphatic carbocycles. The van der Waals surface area contributed by atoms with Gasteiger partial charge in [-0.1, -0.05) is 6.07 Å². The highest BCUT2D eigenvalue weighted by molar-refractivity contribution is 9.10. The van der Waals surface area contributed by atoms with Gasteiger partial charge < -0.3 is 14.8 Å². The molecule has 0 unspecified atom stereocenters. The minimum atomic E-state index is -4.58. The summed E-state index contributed by atoms with van der Waals surface area (Å²) < 4.78 is 75.7. The topological polar surface area (TPSA) is 93.7 Å². The minimum Gasteiger partial charge on any atom is -0.486 e. The molecule has 1 aliphatic rings. The van der Waals surface area contributed by atoms with Crippen LogP contribution in [0.15, 0.2) is 45.8 Å². The number of benzene rings is 2. The van der Waals surface area contributed by atoms with Crippen molar-refractivity contribution in [3.05, 3.63) is 46.4 Å². The van der Waals surface area contributed by atoms with Gasteiger partial charge >= 0.3 is 6.18 Å². The Bertz CT molecular complexity index is 1040. The average Bonchev–Trinajstić information content (AvgIpc) is 2.66. The van der Waals surface area contributed by atoms with E-state index in [2.05, 4.69) is 20.7 Å². The number of anilines is 1. The fourth-order valence-electron chi connectivity index (χ4n) is 2.43. The normalized spacial score (nSPS) is 13.7. The summed E-state index contributed by atoms with van der Waals surface area (Å²) in [5.74, 6) is -0.230. The Morgan fingerprint density at radius 3 is 2.41 bits per heavy atom. The SMILES string of the molecule is O=C(NCC(F)(F)F)c1cccc(S(=O)(=O)Nc2cc3c(cc2Br)OCCO3)c1. The Kier molecular flexibility index (Phi) is 5.94. The number of nitrogens with one attached hydrogen (secondary N) is 2. The number of carbonyl (C=O) groups excluding carboxylic acids is 1. The lowest BCUT2D eigenvalue weighted by Gasteiger charge is -2.20. The van der Waals surface area contributed by atoms with Crippen LogP contribution < -0.4 is 19.5 Å². The molecule has 1 aliphatic heterocycles. The Balaban J connectivity index is 1.82. The molecule has 0 saturated carbocycles. The van der Waals surface area contributed by atoms with Gasteiger partial charge in [0.05, 0.1) is 10.6 Å². The van der Waals surface area contributed by atoms with Crippen LogP contribution in [0.25, 0.3) is 0 Å². The maximum atomic E-state index is 12.7. The van der Waals surface area contributed by atoms with E-state index in [4.69, 9.17) is 9.47 Å². The van der Waals surface area contributed by atoms with Crippen molar-refractivity contribution in [2.75, 3.05) is 24.5 Å². The molecule has 0 saturated heterocycles. The highest BCUT2D eigenvalue weighted by Crippen LogP contribution is 2.38. The first-order valence-electron chi connectivity index (χ1n) is 8.12. The summed E-state index contributed by atoms with van der Waals surface area (Å²) in [7, 11) is -4.14. The monoisotopic (exact) mass is 494 g/mol. The van der Waals surface area contributed by atoms with Gasteiger partial charge in [0.25, 0.3) is 15.9 Å². The zero-order valence-electron chi connectivity index (χ0n) is 14.5. The van der Waals surface area contributed by atoms with E-state index in [-0.39, 0.29) is 16.1 Å². The van der Waals surface area contributed by atoms with Crippen LogP contribution >= 0.6 is 15.9 Å². The maximum Gasteiger partial charge on any atom is 0.405 e. The average molecular weight is 495 g/mol. The van der Waals surface area contributed by atoms with Crippen LogP contribution in [0.5, 0.6) is 11.5 Å². The molecule has 3 rings (SSSR count). The van der Waals surface area contributed by atoms with Crippen molar-refractivity contribution in [2.24, 2.45) is 0 Å². The Morgan fingerprint density at radius 1 is 1.10 bits per heavy atom. The molecule has 0 fully saturated rings. The van der Waals surface area contributed by atoms with E-state index in [1.54, 1.807) is 11.4 Å². The van der Waals surface area contributed by atoms with E-state index in [1.165, 1.54) is 24.3 Å². The van der Waals surface area contributed by atoms with Crippen molar-refractivity contribution in [3.63, 3.8) is 0 Å². The van der Waals surface area contributed by atoms with Gasteiger partial charge in [0.1, 0.15) is 19.8 Å². The second kappa shape index (κ2) is 8.11. The number of rotatable bonds is 5. The van der Waals surface area contributed by atoms with Crippen LogP contribution in [0.4, 0.5) is 18.9 Å². The Labute approximate surface area is 172 Å². The first kappa shape index (κ1) is 21.2. The lowest BCUT2D eigenvalue weighted by Crippen LogP contribution is -2.33. The highest BCUT2D eigenvalue weighted by Gasteiger charge is 2.28. The van der Waals surface area contributed by atoms with Crippen LogP contribution in [-0.4, -0.2) is 40.3 Å². The van der Waals surface area contributed by atoms with E-state index in [1.807, 2.05) is 0 Å². The maximum absolute atomic E-state index is 12.7. The number of amides is 1. The summed E-state index contributed by atoms with van der Waals surface area (Å²) in [6, 6.07) is 7.67. The number of ether oxygens (including phenoxy) is 2. The van der Waals surface area contributed by atoms with Crippen LogP contribution in [0.3, 0.4) is 0 Å². The molecule has 0 bridgehead atoms.